The van der Waals surface area contributed by atoms with Crippen LogP contribution < -0.4 is 9.38 Å². The summed E-state index contributed by atoms with van der Waals surface area (Å²) < 4.78 is 28.9. The van der Waals surface area contributed by atoms with Gasteiger partial charge in [-0.05, 0) is 43.2 Å². The van der Waals surface area contributed by atoms with Gasteiger partial charge in [-0.25, -0.2) is 0 Å². The number of quaternary nitrogens is 1. The molecule has 0 aliphatic heterocycles. The highest BCUT2D eigenvalue weighted by Crippen LogP contribution is 2.53. The molecule has 0 bridgehead atoms. The largest absolute Gasteiger partial charge is 0.627 e. The van der Waals surface area contributed by atoms with Crippen LogP contribution >= 0.6 is 23.2 Å². The second kappa shape index (κ2) is 11.4. The molecule has 1 atom stereocenters. The average Bonchev–Trinajstić information content (AvgIpc) is 2.79. The summed E-state index contributed by atoms with van der Waals surface area (Å²) in [5.74, 6) is 0.0401. The van der Waals surface area contributed by atoms with E-state index in [1.807, 2.05) is 37.3 Å². The van der Waals surface area contributed by atoms with Crippen LogP contribution in [0, 0.1) is 5.21 Å². The summed E-state index contributed by atoms with van der Waals surface area (Å²) in [6.07, 6.45) is 2.46. The number of benzene rings is 3. The van der Waals surface area contributed by atoms with Gasteiger partial charge in [0.05, 0.1) is 6.54 Å². The smallest absolute Gasteiger partial charge is 0.387 e. The lowest BCUT2D eigenvalue weighted by Gasteiger charge is -2.60. The summed E-state index contributed by atoms with van der Waals surface area (Å²) in [6, 6.07) is 19.4. The number of alkyl halides is 2. The lowest BCUT2D eigenvalue weighted by Crippen LogP contribution is -2.63. The van der Waals surface area contributed by atoms with E-state index < -0.39 is 16.8 Å². The molecule has 186 valence electrons. The minimum Gasteiger partial charge on any atom is -0.627 e. The number of hydrogen-bond acceptors (Lipinski definition) is 3. The fourth-order valence-corrected chi connectivity index (χ4v) is 5.17. The van der Waals surface area contributed by atoms with E-state index in [0.29, 0.717) is 22.3 Å². The van der Waals surface area contributed by atoms with Crippen LogP contribution in [0.5, 0.6) is 5.75 Å². The van der Waals surface area contributed by atoms with Gasteiger partial charge in [-0.1, -0.05) is 53.5 Å². The molecule has 1 saturated carbocycles. The molecule has 35 heavy (non-hydrogen) atoms. The van der Waals surface area contributed by atoms with Gasteiger partial charge in [0.15, 0.2) is 0 Å². The van der Waals surface area contributed by atoms with Gasteiger partial charge in [-0.2, -0.15) is 8.78 Å². The van der Waals surface area contributed by atoms with Crippen LogP contribution in [0.15, 0.2) is 66.7 Å². The number of ether oxygens (including phenoxy) is 1. The Hall–Kier alpha value is -2.71. The van der Waals surface area contributed by atoms with Crippen molar-refractivity contribution in [1.82, 2.24) is 4.65 Å². The normalized spacial score (nSPS) is 15.9. The van der Waals surface area contributed by atoms with Crippen molar-refractivity contribution >= 4 is 35.4 Å². The van der Waals surface area contributed by atoms with Crippen molar-refractivity contribution in [3.05, 3.63) is 87.5 Å². The van der Waals surface area contributed by atoms with Crippen LogP contribution in [-0.2, 0) is 10.3 Å². The van der Waals surface area contributed by atoms with Crippen molar-refractivity contribution in [2.75, 3.05) is 6.54 Å². The van der Waals surface area contributed by atoms with Crippen LogP contribution in [0.3, 0.4) is 0 Å². The van der Waals surface area contributed by atoms with E-state index >= 15 is 0 Å². The predicted molar refractivity (Wildman–Crippen MR) is 135 cm³/mol. The van der Waals surface area contributed by atoms with Crippen LogP contribution in [0.2, 0.25) is 10.0 Å². The highest BCUT2D eigenvalue weighted by Gasteiger charge is 2.52. The first-order chi connectivity index (χ1) is 16.7. The van der Waals surface area contributed by atoms with Crippen molar-refractivity contribution in [2.45, 2.75) is 38.3 Å². The maximum atomic E-state index is 14.3. The van der Waals surface area contributed by atoms with Crippen molar-refractivity contribution < 1.29 is 23.4 Å². The summed E-state index contributed by atoms with van der Waals surface area (Å²) in [5, 5.41) is 22.3. The van der Waals surface area contributed by atoms with Crippen molar-refractivity contribution in [3.8, 4) is 16.9 Å². The van der Waals surface area contributed by atoms with Crippen molar-refractivity contribution in [1.29, 1.82) is 0 Å². The Kier molecular flexibility index (Phi) is 8.72. The number of halogens is 4. The number of nitrogens with zero attached hydrogens (tertiary/aromatic N) is 1. The molecular formula is C26H25Cl2F2NO4. The van der Waals surface area contributed by atoms with Gasteiger partial charge in [0, 0.05) is 46.1 Å². The van der Waals surface area contributed by atoms with Crippen LogP contribution in [0.4, 0.5) is 14.5 Å². The topological polar surface area (TPSA) is 69.6 Å². The van der Waals surface area contributed by atoms with Crippen molar-refractivity contribution in [2.24, 2.45) is 0 Å². The van der Waals surface area contributed by atoms with E-state index in [4.69, 9.17) is 33.1 Å². The van der Waals surface area contributed by atoms with E-state index in [-0.39, 0.29) is 12.2 Å². The Labute approximate surface area is 212 Å². The number of hydrogen-bond donors (Lipinski definition) is 1. The Balaban J connectivity index is 0.00000108. The highest BCUT2D eigenvalue weighted by atomic mass is 35.5. The van der Waals surface area contributed by atoms with Crippen LogP contribution in [-0.4, -0.2) is 24.7 Å². The molecule has 5 nitrogen and oxygen atoms in total. The molecule has 0 aromatic heterocycles. The minimum absolute atomic E-state index is 0.0401. The SMILES string of the molecule is CC[N+]([O-])(c1ccc(OC(F)F)cc1)C1(c2ccc(-c3ccc(Cl)cc3Cl)cc2)CCC1.O=CO. The first kappa shape index (κ1) is 26.9. The van der Waals surface area contributed by atoms with Gasteiger partial charge in [0.25, 0.3) is 6.47 Å². The van der Waals surface area contributed by atoms with E-state index in [2.05, 4.69) is 4.74 Å². The third-order valence-corrected chi connectivity index (χ3v) is 7.01. The number of hydroxylamine groups is 2. The Morgan fingerprint density at radius 2 is 1.69 bits per heavy atom. The predicted octanol–water partition coefficient (Wildman–Crippen LogP) is 7.87. The lowest BCUT2D eigenvalue weighted by molar-refractivity contribution is -0.122. The zero-order valence-corrected chi connectivity index (χ0v) is 20.5. The average molecular weight is 524 g/mol. The summed E-state index contributed by atoms with van der Waals surface area (Å²) in [7, 11) is 0. The molecular weight excluding hydrogens is 499 g/mol. The molecule has 0 heterocycles. The van der Waals surface area contributed by atoms with E-state index in [9.17, 15) is 14.0 Å². The Bertz CT molecular complexity index is 1140. The van der Waals surface area contributed by atoms with E-state index in [1.165, 1.54) is 12.1 Å². The van der Waals surface area contributed by atoms with Gasteiger partial charge in [0.1, 0.15) is 17.0 Å². The first-order valence-electron chi connectivity index (χ1n) is 11.0. The van der Waals surface area contributed by atoms with E-state index in [1.54, 1.807) is 24.3 Å². The fourth-order valence-electron chi connectivity index (χ4n) is 4.65. The first-order valence-corrected chi connectivity index (χ1v) is 11.7. The van der Waals surface area contributed by atoms with Gasteiger partial charge in [-0.3, -0.25) is 4.79 Å². The standard InChI is InChI=1S/C25H23Cl2F2NO2.CH2O2/c1-2-30(31,20-9-11-21(12-10-20)32-24(28)29)25(14-3-15-25)18-6-4-17(5-7-18)22-13-8-19(26)16-23(22)27;2-1-3/h4-13,16,24H,2-3,14-15H2,1H3;1H,(H,2,3). The second-order valence-corrected chi connectivity index (χ2v) is 8.96. The van der Waals surface area contributed by atoms with Gasteiger partial charge >= 0.3 is 6.61 Å². The number of carbonyl (C=O) groups is 1. The zero-order valence-electron chi connectivity index (χ0n) is 19.0. The van der Waals surface area contributed by atoms with Crippen LogP contribution in [0.25, 0.3) is 11.1 Å². The number of rotatable bonds is 7. The fraction of sp³-hybridized carbons (Fsp3) is 0.269. The molecule has 4 rings (SSSR count). The van der Waals surface area contributed by atoms with Gasteiger partial charge in [0.2, 0.25) is 0 Å². The maximum Gasteiger partial charge on any atom is 0.387 e. The van der Waals surface area contributed by atoms with Crippen molar-refractivity contribution in [3.63, 3.8) is 0 Å². The molecule has 3 aromatic carbocycles. The molecule has 0 spiro atoms. The maximum absolute atomic E-state index is 14.3. The monoisotopic (exact) mass is 523 g/mol. The van der Waals surface area contributed by atoms with Gasteiger partial charge < -0.3 is 19.7 Å². The minimum atomic E-state index is -2.90. The summed E-state index contributed by atoms with van der Waals surface area (Å²) in [6.45, 7) is -0.970. The summed E-state index contributed by atoms with van der Waals surface area (Å²) in [5.41, 5.74) is 2.68. The lowest BCUT2D eigenvalue weighted by atomic mass is 9.69. The molecule has 3 aromatic rings. The molecule has 1 aliphatic carbocycles. The Morgan fingerprint density at radius 3 is 2.14 bits per heavy atom. The third-order valence-electron chi connectivity index (χ3n) is 6.46. The molecule has 1 fully saturated rings. The Morgan fingerprint density at radius 1 is 1.09 bits per heavy atom. The molecule has 0 amide bonds. The van der Waals surface area contributed by atoms with Gasteiger partial charge in [-0.15, -0.1) is 0 Å². The third kappa shape index (κ3) is 5.43. The summed E-state index contributed by atoms with van der Waals surface area (Å²) >= 11 is 12.4. The molecule has 9 heteroatoms. The molecule has 0 saturated heterocycles. The van der Waals surface area contributed by atoms with Crippen LogP contribution in [0.1, 0.15) is 31.7 Å². The molecule has 1 unspecified atom stereocenters. The second-order valence-electron chi connectivity index (χ2n) is 8.12. The molecule has 1 N–H and O–H groups in total. The quantitative estimate of drug-likeness (QED) is 0.194. The highest BCUT2D eigenvalue weighted by molar-refractivity contribution is 6.36. The number of carboxylic acid groups (broad SMARTS) is 1. The molecule has 1 aliphatic rings. The zero-order chi connectivity index (χ0) is 25.6. The molecule has 0 radical (unpaired) electrons. The summed E-state index contributed by atoms with van der Waals surface area (Å²) in [4.78, 5) is 8.36. The van der Waals surface area contributed by atoms with E-state index in [0.717, 1.165) is 36.0 Å².